The summed E-state index contributed by atoms with van der Waals surface area (Å²) in [6.07, 6.45) is 8.60. The molecule has 11 nitrogen and oxygen atoms in total. The predicted octanol–water partition coefficient (Wildman–Crippen LogP) is 3.52. The molecule has 2 saturated heterocycles. The molecule has 0 aliphatic carbocycles. The fourth-order valence-electron chi connectivity index (χ4n) is 5.28. The van der Waals surface area contributed by atoms with E-state index in [0.29, 0.717) is 55.1 Å². The Morgan fingerprint density at radius 3 is 2.49 bits per heavy atom. The zero-order valence-electron chi connectivity index (χ0n) is 24.1. The van der Waals surface area contributed by atoms with Crippen LogP contribution in [0.15, 0.2) is 30.6 Å². The number of carbonyl (C=O) groups excluding carboxylic acids is 2. The maximum absolute atomic E-state index is 14.7. The number of anilines is 1. The molecule has 2 aliphatic heterocycles. The van der Waals surface area contributed by atoms with Crippen molar-refractivity contribution in [3.05, 3.63) is 47.0 Å². The van der Waals surface area contributed by atoms with Crippen LogP contribution < -0.4 is 15.0 Å². The quantitative estimate of drug-likeness (QED) is 0.221. The normalized spacial score (nSPS) is 16.2. The summed E-state index contributed by atoms with van der Waals surface area (Å²) in [5.41, 5.74) is 0.284. The van der Waals surface area contributed by atoms with Gasteiger partial charge in [0.2, 0.25) is 17.8 Å². The number of halogens is 2. The standard InChI is InChI=1S/C29H39ClFN5O6S/c30-24-17-33-29(34-18-24)35-11-8-21(9-12-35)5-4-13-42-25-7-6-22(26(31)16-25)15-27(37)36-19-23(20-36)28(38)32-10-2-1-3-14-43(39,40)41/h6-7,16-18,21,23H,1-5,8-15,19-20H2,(H,32,38)(H,39,40,41). The molecule has 1 aromatic heterocycles. The minimum absolute atomic E-state index is 0.0893. The highest BCUT2D eigenvalue weighted by Gasteiger charge is 2.35. The average molecular weight is 640 g/mol. The molecule has 2 N–H and O–H groups in total. The molecule has 0 unspecified atom stereocenters. The number of aromatic nitrogens is 2. The summed E-state index contributed by atoms with van der Waals surface area (Å²) in [4.78, 5) is 37.1. The molecule has 1 aromatic carbocycles. The Kier molecular flexibility index (Phi) is 11.9. The molecule has 2 fully saturated rings. The summed E-state index contributed by atoms with van der Waals surface area (Å²) in [6.45, 7) is 3.24. The molecule has 4 rings (SSSR count). The third kappa shape index (κ3) is 10.6. The first-order valence-corrected chi connectivity index (χ1v) is 16.7. The lowest BCUT2D eigenvalue weighted by Gasteiger charge is -2.38. The van der Waals surface area contributed by atoms with E-state index in [0.717, 1.165) is 38.8 Å². The van der Waals surface area contributed by atoms with Gasteiger partial charge in [0.15, 0.2) is 0 Å². The third-order valence-electron chi connectivity index (χ3n) is 7.88. The van der Waals surface area contributed by atoms with Crippen LogP contribution in [0.2, 0.25) is 5.02 Å². The van der Waals surface area contributed by atoms with Gasteiger partial charge in [-0.1, -0.05) is 24.1 Å². The van der Waals surface area contributed by atoms with Gasteiger partial charge in [0.1, 0.15) is 11.6 Å². The van der Waals surface area contributed by atoms with Gasteiger partial charge < -0.3 is 19.9 Å². The van der Waals surface area contributed by atoms with Gasteiger partial charge in [0, 0.05) is 38.8 Å². The smallest absolute Gasteiger partial charge is 0.264 e. The topological polar surface area (TPSA) is 142 Å². The minimum Gasteiger partial charge on any atom is -0.493 e. The highest BCUT2D eigenvalue weighted by Crippen LogP contribution is 2.25. The van der Waals surface area contributed by atoms with Crippen molar-refractivity contribution in [2.45, 2.75) is 51.4 Å². The van der Waals surface area contributed by atoms with E-state index in [1.54, 1.807) is 24.5 Å². The molecule has 0 radical (unpaired) electrons. The van der Waals surface area contributed by atoms with Gasteiger partial charge in [-0.3, -0.25) is 14.1 Å². The maximum Gasteiger partial charge on any atom is 0.264 e. The lowest BCUT2D eigenvalue weighted by atomic mass is 9.92. The molecule has 0 spiro atoms. The first-order valence-electron chi connectivity index (χ1n) is 14.7. The monoisotopic (exact) mass is 639 g/mol. The molecule has 0 saturated carbocycles. The van der Waals surface area contributed by atoms with E-state index in [1.165, 1.54) is 11.0 Å². The van der Waals surface area contributed by atoms with Crippen LogP contribution in [-0.2, 0) is 26.1 Å². The first-order chi connectivity index (χ1) is 20.6. The van der Waals surface area contributed by atoms with E-state index in [4.69, 9.17) is 20.9 Å². The third-order valence-corrected chi connectivity index (χ3v) is 8.88. The number of nitrogens with one attached hydrogen (secondary N) is 1. The molecule has 14 heteroatoms. The van der Waals surface area contributed by atoms with E-state index >= 15 is 0 Å². The minimum atomic E-state index is -3.96. The van der Waals surface area contributed by atoms with Crippen molar-refractivity contribution in [2.75, 3.05) is 50.0 Å². The number of amides is 2. The zero-order chi connectivity index (χ0) is 30.8. The number of unbranched alkanes of at least 4 members (excludes halogenated alkanes) is 2. The van der Waals surface area contributed by atoms with Crippen molar-refractivity contribution >= 4 is 39.5 Å². The Hall–Kier alpha value is -3.03. The summed E-state index contributed by atoms with van der Waals surface area (Å²) in [5.74, 6) is 0.231. The summed E-state index contributed by atoms with van der Waals surface area (Å²) in [7, 11) is -3.96. The van der Waals surface area contributed by atoms with Crippen LogP contribution >= 0.6 is 11.6 Å². The second-order valence-electron chi connectivity index (χ2n) is 11.2. The van der Waals surface area contributed by atoms with Gasteiger partial charge in [-0.2, -0.15) is 8.42 Å². The second kappa shape index (κ2) is 15.6. The average Bonchev–Trinajstić information content (AvgIpc) is 2.94. The van der Waals surface area contributed by atoms with Crippen molar-refractivity contribution in [2.24, 2.45) is 11.8 Å². The van der Waals surface area contributed by atoms with Gasteiger partial charge in [0.25, 0.3) is 10.1 Å². The molecule has 0 atom stereocenters. The number of ether oxygens (including phenoxy) is 1. The zero-order valence-corrected chi connectivity index (χ0v) is 25.7. The van der Waals surface area contributed by atoms with Crippen LogP contribution in [0.1, 0.15) is 50.5 Å². The van der Waals surface area contributed by atoms with Gasteiger partial charge >= 0.3 is 0 Å². The van der Waals surface area contributed by atoms with Gasteiger partial charge in [-0.25, -0.2) is 14.4 Å². The largest absolute Gasteiger partial charge is 0.493 e. The number of likely N-dealkylation sites (tertiary alicyclic amines) is 1. The summed E-state index contributed by atoms with van der Waals surface area (Å²) in [6, 6.07) is 4.57. The van der Waals surface area contributed by atoms with Crippen molar-refractivity contribution in [1.29, 1.82) is 0 Å². The molecule has 2 aromatic rings. The Morgan fingerprint density at radius 2 is 1.81 bits per heavy atom. The Balaban J connectivity index is 1.07. The maximum atomic E-state index is 14.7. The van der Waals surface area contributed by atoms with Crippen LogP contribution in [0.4, 0.5) is 10.3 Å². The lowest BCUT2D eigenvalue weighted by molar-refractivity contribution is -0.142. The lowest BCUT2D eigenvalue weighted by Crippen LogP contribution is -2.56. The highest BCUT2D eigenvalue weighted by atomic mass is 35.5. The Morgan fingerprint density at radius 1 is 1.09 bits per heavy atom. The molecule has 0 bridgehead atoms. The molecule has 236 valence electrons. The van der Waals surface area contributed by atoms with Crippen LogP contribution in [0.3, 0.4) is 0 Å². The molecular formula is C29H39ClFN5O6S. The van der Waals surface area contributed by atoms with Gasteiger partial charge in [-0.05, 0) is 56.1 Å². The molecule has 2 aliphatic rings. The number of hydrogen-bond donors (Lipinski definition) is 2. The molecular weight excluding hydrogens is 601 g/mol. The number of hydrogen-bond acceptors (Lipinski definition) is 8. The fourth-order valence-corrected chi connectivity index (χ4v) is 5.95. The number of piperidine rings is 1. The number of nitrogens with zero attached hydrogens (tertiary/aromatic N) is 4. The Labute approximate surface area is 256 Å². The number of benzene rings is 1. The SMILES string of the molecule is O=C(NCCCCCS(=O)(=O)O)C1CN(C(=O)Cc2ccc(OCCCC3CCN(c4ncc(Cl)cn4)CC3)cc2F)C1. The van der Waals surface area contributed by atoms with E-state index < -0.39 is 15.9 Å². The number of carbonyl (C=O) groups is 2. The fraction of sp³-hybridized carbons (Fsp3) is 0.586. The highest BCUT2D eigenvalue weighted by molar-refractivity contribution is 7.85. The van der Waals surface area contributed by atoms with Crippen molar-refractivity contribution < 1.29 is 31.7 Å². The van der Waals surface area contributed by atoms with Crippen LogP contribution in [-0.4, -0.2) is 84.7 Å². The van der Waals surface area contributed by atoms with Crippen molar-refractivity contribution in [3.8, 4) is 5.75 Å². The van der Waals surface area contributed by atoms with E-state index in [2.05, 4.69) is 20.2 Å². The Bertz CT molecular complexity index is 1340. The van der Waals surface area contributed by atoms with Crippen molar-refractivity contribution in [1.82, 2.24) is 20.2 Å². The molecule has 2 amide bonds. The van der Waals surface area contributed by atoms with Crippen LogP contribution in [0.25, 0.3) is 0 Å². The van der Waals surface area contributed by atoms with Crippen LogP contribution in [0, 0.1) is 17.7 Å². The summed E-state index contributed by atoms with van der Waals surface area (Å²) in [5, 5.41) is 3.31. The van der Waals surface area contributed by atoms with E-state index in [1.807, 2.05) is 0 Å². The van der Waals surface area contributed by atoms with Crippen LogP contribution in [0.5, 0.6) is 5.75 Å². The predicted molar refractivity (Wildman–Crippen MR) is 160 cm³/mol. The number of rotatable bonds is 15. The van der Waals surface area contributed by atoms with E-state index in [9.17, 15) is 22.4 Å². The van der Waals surface area contributed by atoms with Crippen molar-refractivity contribution in [3.63, 3.8) is 0 Å². The second-order valence-corrected chi connectivity index (χ2v) is 13.2. The summed E-state index contributed by atoms with van der Waals surface area (Å²) < 4.78 is 50.6. The molecule has 43 heavy (non-hydrogen) atoms. The summed E-state index contributed by atoms with van der Waals surface area (Å²) >= 11 is 5.87. The van der Waals surface area contributed by atoms with Gasteiger partial charge in [0.05, 0.1) is 42.1 Å². The first kappa shape index (κ1) is 32.9. The van der Waals surface area contributed by atoms with Gasteiger partial charge in [-0.15, -0.1) is 0 Å². The molecule has 3 heterocycles. The van der Waals surface area contributed by atoms with E-state index in [-0.39, 0.29) is 48.6 Å².